The molecular weight excluding hydrogens is 512 g/mol. The SMILES string of the molecule is Cc1cc(NC(=O)COC(=O)[C@H](Cc2ccccc2)N2C(=O)[C@@H]3[C@H]4CC[C@@H](C4)[C@@H]3C2=O)ccc1Br. The molecule has 0 spiro atoms. The van der Waals surface area contributed by atoms with Crippen molar-refractivity contribution in [3.63, 3.8) is 0 Å². The molecule has 7 nitrogen and oxygen atoms in total. The molecule has 5 rings (SSSR count). The number of benzene rings is 2. The molecule has 2 aliphatic carbocycles. The summed E-state index contributed by atoms with van der Waals surface area (Å²) >= 11 is 3.42. The number of nitrogens with one attached hydrogen (secondary N) is 1. The molecule has 2 bridgehead atoms. The Labute approximate surface area is 212 Å². The number of amides is 3. The molecule has 2 saturated carbocycles. The molecule has 3 fully saturated rings. The number of ether oxygens (including phenoxy) is 1. The van der Waals surface area contributed by atoms with Crippen LogP contribution in [-0.4, -0.2) is 41.2 Å². The molecule has 5 atom stereocenters. The second kappa shape index (κ2) is 9.57. The second-order valence-electron chi connectivity index (χ2n) is 9.76. The smallest absolute Gasteiger partial charge is 0.330 e. The van der Waals surface area contributed by atoms with Crippen molar-refractivity contribution in [2.45, 2.75) is 38.6 Å². The van der Waals surface area contributed by atoms with Gasteiger partial charge in [0, 0.05) is 16.6 Å². The van der Waals surface area contributed by atoms with Crippen LogP contribution in [0.1, 0.15) is 30.4 Å². The van der Waals surface area contributed by atoms with Crippen LogP contribution in [0.2, 0.25) is 0 Å². The molecular formula is C27H27BrN2O5. The number of imide groups is 1. The maximum absolute atomic E-state index is 13.4. The van der Waals surface area contributed by atoms with Crippen molar-refractivity contribution in [1.82, 2.24) is 4.90 Å². The lowest BCUT2D eigenvalue weighted by Gasteiger charge is -2.26. The van der Waals surface area contributed by atoms with Gasteiger partial charge in [-0.05, 0) is 67.3 Å². The van der Waals surface area contributed by atoms with Gasteiger partial charge >= 0.3 is 5.97 Å². The average Bonchev–Trinajstić information content (AvgIpc) is 3.53. The Hall–Kier alpha value is -3.00. The molecule has 1 aliphatic heterocycles. The summed E-state index contributed by atoms with van der Waals surface area (Å²) in [5.41, 5.74) is 2.35. The number of halogens is 1. The predicted molar refractivity (Wildman–Crippen MR) is 132 cm³/mol. The molecule has 35 heavy (non-hydrogen) atoms. The van der Waals surface area contributed by atoms with Crippen LogP contribution in [0.4, 0.5) is 5.69 Å². The molecule has 182 valence electrons. The third kappa shape index (κ3) is 4.51. The van der Waals surface area contributed by atoms with E-state index in [2.05, 4.69) is 21.2 Å². The van der Waals surface area contributed by atoms with Crippen LogP contribution in [0, 0.1) is 30.6 Å². The summed E-state index contributed by atoms with van der Waals surface area (Å²) in [6, 6.07) is 13.5. The molecule has 0 unspecified atom stereocenters. The fourth-order valence-corrected chi connectivity index (χ4v) is 6.26. The van der Waals surface area contributed by atoms with Crippen LogP contribution in [0.25, 0.3) is 0 Å². The Morgan fingerprint density at radius 1 is 1.06 bits per heavy atom. The summed E-state index contributed by atoms with van der Waals surface area (Å²) in [5, 5.41) is 2.71. The van der Waals surface area contributed by atoms with Crippen molar-refractivity contribution in [3.05, 3.63) is 64.1 Å². The molecule has 8 heteroatoms. The molecule has 3 aliphatic rings. The molecule has 2 aromatic rings. The molecule has 0 aromatic heterocycles. The van der Waals surface area contributed by atoms with Gasteiger partial charge < -0.3 is 10.1 Å². The van der Waals surface area contributed by atoms with Crippen LogP contribution in [0.15, 0.2) is 53.0 Å². The number of likely N-dealkylation sites (tertiary alicyclic amines) is 1. The number of esters is 1. The zero-order chi connectivity index (χ0) is 24.7. The van der Waals surface area contributed by atoms with Gasteiger partial charge in [0.15, 0.2) is 6.61 Å². The summed E-state index contributed by atoms with van der Waals surface area (Å²) in [7, 11) is 0. The minimum absolute atomic E-state index is 0.152. The summed E-state index contributed by atoms with van der Waals surface area (Å²) in [6.07, 6.45) is 2.99. The quantitative estimate of drug-likeness (QED) is 0.426. The van der Waals surface area contributed by atoms with Crippen molar-refractivity contribution in [1.29, 1.82) is 0 Å². The summed E-state index contributed by atoms with van der Waals surface area (Å²) < 4.78 is 6.28. The third-order valence-corrected chi connectivity index (χ3v) is 8.49. The van der Waals surface area contributed by atoms with Gasteiger partial charge in [-0.25, -0.2) is 4.79 Å². The first-order chi connectivity index (χ1) is 16.8. The standard InChI is InChI=1S/C27H27BrN2O5/c1-15-11-19(9-10-20(15)28)29-22(31)14-35-27(34)21(12-16-5-3-2-4-6-16)30-25(32)23-17-7-8-18(13-17)24(23)26(30)33/h2-6,9-11,17-18,21,23-24H,7-8,12-14H2,1H3,(H,29,31)/t17-,18-,21-,23-,24+/m0/s1. The predicted octanol–water partition coefficient (Wildman–Crippen LogP) is 3.88. The Morgan fingerprint density at radius 2 is 1.71 bits per heavy atom. The fourth-order valence-electron chi connectivity index (χ4n) is 6.01. The zero-order valence-corrected chi connectivity index (χ0v) is 21.0. The number of aryl methyl sites for hydroxylation is 1. The lowest BCUT2D eigenvalue weighted by Crippen LogP contribution is -2.48. The van der Waals surface area contributed by atoms with Gasteiger partial charge in [0.2, 0.25) is 11.8 Å². The maximum Gasteiger partial charge on any atom is 0.330 e. The van der Waals surface area contributed by atoms with Gasteiger partial charge in [0.25, 0.3) is 5.91 Å². The molecule has 2 aromatic carbocycles. The highest BCUT2D eigenvalue weighted by molar-refractivity contribution is 9.10. The van der Waals surface area contributed by atoms with E-state index in [9.17, 15) is 19.2 Å². The highest BCUT2D eigenvalue weighted by Crippen LogP contribution is 2.56. The summed E-state index contributed by atoms with van der Waals surface area (Å²) in [4.78, 5) is 53.6. The first-order valence-corrected chi connectivity index (χ1v) is 12.8. The van der Waals surface area contributed by atoms with Gasteiger partial charge in [-0.15, -0.1) is 0 Å². The van der Waals surface area contributed by atoms with E-state index < -0.39 is 24.5 Å². The third-order valence-electron chi connectivity index (χ3n) is 7.60. The van der Waals surface area contributed by atoms with Crippen LogP contribution >= 0.6 is 15.9 Å². The molecule has 1 saturated heterocycles. The zero-order valence-electron chi connectivity index (χ0n) is 19.4. The van der Waals surface area contributed by atoms with Crippen molar-refractivity contribution < 1.29 is 23.9 Å². The van der Waals surface area contributed by atoms with E-state index in [1.54, 1.807) is 12.1 Å². The van der Waals surface area contributed by atoms with E-state index in [4.69, 9.17) is 4.74 Å². The van der Waals surface area contributed by atoms with Gasteiger partial charge in [-0.2, -0.15) is 0 Å². The van der Waals surface area contributed by atoms with E-state index >= 15 is 0 Å². The lowest BCUT2D eigenvalue weighted by molar-refractivity contribution is -0.160. The first-order valence-electron chi connectivity index (χ1n) is 12.0. The number of nitrogens with zero attached hydrogens (tertiary/aromatic N) is 1. The largest absolute Gasteiger partial charge is 0.454 e. The molecule has 0 radical (unpaired) electrons. The highest BCUT2D eigenvalue weighted by atomic mass is 79.9. The summed E-state index contributed by atoms with van der Waals surface area (Å²) in [6.45, 7) is 1.40. The number of anilines is 1. The Bertz CT molecular complexity index is 1160. The topological polar surface area (TPSA) is 92.8 Å². The minimum Gasteiger partial charge on any atom is -0.454 e. The van der Waals surface area contributed by atoms with E-state index in [0.717, 1.165) is 39.8 Å². The van der Waals surface area contributed by atoms with E-state index in [0.29, 0.717) is 5.69 Å². The van der Waals surface area contributed by atoms with Crippen molar-refractivity contribution in [2.24, 2.45) is 23.7 Å². The van der Waals surface area contributed by atoms with Crippen LogP contribution in [0.5, 0.6) is 0 Å². The second-order valence-corrected chi connectivity index (χ2v) is 10.6. The number of carbonyl (C=O) groups is 4. The van der Waals surface area contributed by atoms with Crippen molar-refractivity contribution in [3.8, 4) is 0 Å². The molecule has 1 heterocycles. The van der Waals surface area contributed by atoms with Crippen LogP contribution in [-0.2, 0) is 30.3 Å². The molecule has 3 amide bonds. The van der Waals surface area contributed by atoms with Crippen LogP contribution < -0.4 is 5.32 Å². The summed E-state index contributed by atoms with van der Waals surface area (Å²) in [5.74, 6) is -1.97. The van der Waals surface area contributed by atoms with E-state index in [1.807, 2.05) is 43.3 Å². The van der Waals surface area contributed by atoms with E-state index in [1.165, 1.54) is 0 Å². The Kier molecular flexibility index (Phi) is 6.49. The van der Waals surface area contributed by atoms with Gasteiger partial charge in [0.05, 0.1) is 11.8 Å². The van der Waals surface area contributed by atoms with Crippen molar-refractivity contribution >= 4 is 45.3 Å². The normalized spacial score (nSPS) is 25.5. The monoisotopic (exact) mass is 538 g/mol. The highest BCUT2D eigenvalue weighted by Gasteiger charge is 2.62. The maximum atomic E-state index is 13.4. The minimum atomic E-state index is -1.09. The number of rotatable bonds is 7. The first kappa shape index (κ1) is 23.7. The fraction of sp³-hybridized carbons (Fsp3) is 0.407. The van der Waals surface area contributed by atoms with Gasteiger partial charge in [0.1, 0.15) is 6.04 Å². The van der Waals surface area contributed by atoms with Crippen LogP contribution in [0.3, 0.4) is 0 Å². The number of hydrogen-bond donors (Lipinski definition) is 1. The van der Waals surface area contributed by atoms with Crippen molar-refractivity contribution in [2.75, 3.05) is 11.9 Å². The average molecular weight is 539 g/mol. The number of hydrogen-bond acceptors (Lipinski definition) is 5. The van der Waals surface area contributed by atoms with E-state index in [-0.39, 0.29) is 41.9 Å². The number of fused-ring (bicyclic) bond motifs is 5. The van der Waals surface area contributed by atoms with Gasteiger partial charge in [-0.1, -0.05) is 46.3 Å². The Morgan fingerprint density at radius 3 is 2.34 bits per heavy atom. The molecule has 1 N–H and O–H groups in total. The number of carbonyl (C=O) groups excluding carboxylic acids is 4. The lowest BCUT2D eigenvalue weighted by atomic mass is 9.81. The Balaban J connectivity index is 1.31. The van der Waals surface area contributed by atoms with Gasteiger partial charge in [-0.3, -0.25) is 19.3 Å².